The van der Waals surface area contributed by atoms with Gasteiger partial charge >= 0.3 is 7.32 Å². The molecule has 0 aliphatic carbocycles. The van der Waals surface area contributed by atoms with Crippen molar-refractivity contribution in [3.8, 4) is 5.75 Å². The van der Waals surface area contributed by atoms with Crippen molar-refractivity contribution in [2.45, 2.75) is 6.92 Å². The molecule has 0 radical (unpaired) electrons. The van der Waals surface area contributed by atoms with Gasteiger partial charge in [-0.05, 0) is 24.6 Å². The van der Waals surface area contributed by atoms with Crippen molar-refractivity contribution in [3.63, 3.8) is 0 Å². The maximum atomic E-state index is 8.51. The Bertz CT molecular complexity index is 277. The molecule has 0 amide bonds. The van der Waals surface area contributed by atoms with E-state index in [-0.39, 0.29) is 0 Å². The van der Waals surface area contributed by atoms with Crippen LogP contribution in [-0.2, 0) is 0 Å². The van der Waals surface area contributed by atoms with Crippen molar-refractivity contribution in [2.24, 2.45) is 0 Å². The molecule has 3 nitrogen and oxygen atoms in total. The molecule has 12 heavy (non-hydrogen) atoms. The van der Waals surface area contributed by atoms with Crippen molar-refractivity contribution < 1.29 is 14.7 Å². The largest absolute Gasteiger partial charge is 0.707 e. The standard InChI is InChI=1S/C7H8BClO3/c1-5-2-3-6(9)4-7(5)12-8(10)11/h2-4,10-11H,1H3. The quantitative estimate of drug-likeness (QED) is 0.678. The molecule has 1 aromatic carbocycles. The molecule has 0 heterocycles. The fraction of sp³-hybridized carbons (Fsp3) is 0.143. The summed E-state index contributed by atoms with van der Waals surface area (Å²) in [6, 6.07) is 4.96. The highest BCUT2D eigenvalue weighted by Crippen LogP contribution is 2.22. The van der Waals surface area contributed by atoms with Gasteiger partial charge in [0, 0.05) is 5.02 Å². The van der Waals surface area contributed by atoms with Crippen LogP contribution in [0.4, 0.5) is 0 Å². The fourth-order valence-corrected chi connectivity index (χ4v) is 0.977. The lowest BCUT2D eigenvalue weighted by Gasteiger charge is -2.07. The summed E-state index contributed by atoms with van der Waals surface area (Å²) in [6.07, 6.45) is 0. The molecule has 1 aromatic rings. The summed E-state index contributed by atoms with van der Waals surface area (Å²) in [4.78, 5) is 0. The van der Waals surface area contributed by atoms with E-state index in [1.54, 1.807) is 19.1 Å². The smallest absolute Gasteiger partial charge is 0.512 e. The molecule has 0 fully saturated rings. The van der Waals surface area contributed by atoms with Crippen molar-refractivity contribution in [3.05, 3.63) is 28.8 Å². The third-order valence-electron chi connectivity index (χ3n) is 1.38. The molecule has 0 aliphatic rings. The first-order valence-electron chi connectivity index (χ1n) is 3.38. The summed E-state index contributed by atoms with van der Waals surface area (Å²) in [5, 5.41) is 17.5. The van der Waals surface area contributed by atoms with Crippen LogP contribution in [0.1, 0.15) is 5.56 Å². The lowest BCUT2D eigenvalue weighted by Crippen LogP contribution is -2.20. The molecule has 0 unspecified atom stereocenters. The SMILES string of the molecule is Cc1ccc(Cl)cc1OB(O)O. The minimum atomic E-state index is -1.80. The predicted molar refractivity (Wildman–Crippen MR) is 47.0 cm³/mol. The number of aryl methyl sites for hydroxylation is 1. The van der Waals surface area contributed by atoms with Crippen LogP contribution in [0, 0.1) is 6.92 Å². The van der Waals surface area contributed by atoms with Crippen LogP contribution in [-0.4, -0.2) is 17.4 Å². The van der Waals surface area contributed by atoms with E-state index in [4.69, 9.17) is 21.6 Å². The topological polar surface area (TPSA) is 49.7 Å². The minimum Gasteiger partial charge on any atom is -0.512 e. The Morgan fingerprint density at radius 1 is 1.42 bits per heavy atom. The third kappa shape index (κ3) is 2.41. The summed E-state index contributed by atoms with van der Waals surface area (Å²) in [7, 11) is -1.80. The highest BCUT2D eigenvalue weighted by molar-refractivity contribution is 6.34. The zero-order chi connectivity index (χ0) is 9.14. The lowest BCUT2D eigenvalue weighted by molar-refractivity contribution is 0.287. The van der Waals surface area contributed by atoms with Gasteiger partial charge in [-0.1, -0.05) is 17.7 Å². The molecule has 0 saturated heterocycles. The van der Waals surface area contributed by atoms with E-state index < -0.39 is 7.32 Å². The first-order valence-corrected chi connectivity index (χ1v) is 3.76. The average molecular weight is 186 g/mol. The normalized spacial score (nSPS) is 9.67. The molecule has 1 rings (SSSR count). The van der Waals surface area contributed by atoms with Gasteiger partial charge in [-0.25, -0.2) is 0 Å². The van der Waals surface area contributed by atoms with Crippen LogP contribution < -0.4 is 4.65 Å². The van der Waals surface area contributed by atoms with Crippen LogP contribution in [0.25, 0.3) is 0 Å². The maximum absolute atomic E-state index is 8.51. The highest BCUT2D eigenvalue weighted by Gasteiger charge is 2.12. The Balaban J connectivity index is 2.90. The van der Waals surface area contributed by atoms with Gasteiger partial charge in [0.05, 0.1) is 0 Å². The first-order chi connectivity index (χ1) is 5.59. The molecule has 0 spiro atoms. The predicted octanol–water partition coefficient (Wildman–Crippen LogP) is 0.997. The van der Waals surface area contributed by atoms with E-state index in [9.17, 15) is 0 Å². The third-order valence-corrected chi connectivity index (χ3v) is 1.62. The van der Waals surface area contributed by atoms with Gasteiger partial charge in [-0.3, -0.25) is 0 Å². The van der Waals surface area contributed by atoms with Crippen molar-refractivity contribution >= 4 is 18.9 Å². The molecule has 2 N–H and O–H groups in total. The molecule has 0 aromatic heterocycles. The van der Waals surface area contributed by atoms with Crippen molar-refractivity contribution in [2.75, 3.05) is 0 Å². The van der Waals surface area contributed by atoms with Crippen LogP contribution in [0.15, 0.2) is 18.2 Å². The van der Waals surface area contributed by atoms with Gasteiger partial charge in [0.2, 0.25) is 0 Å². The Morgan fingerprint density at radius 3 is 2.67 bits per heavy atom. The number of hydrogen-bond acceptors (Lipinski definition) is 3. The Hall–Kier alpha value is -0.705. The number of halogens is 1. The fourth-order valence-electron chi connectivity index (χ4n) is 0.814. The summed E-state index contributed by atoms with van der Waals surface area (Å²) in [5.41, 5.74) is 0.799. The zero-order valence-electron chi connectivity index (χ0n) is 6.49. The van der Waals surface area contributed by atoms with Crippen LogP contribution >= 0.6 is 11.6 Å². The summed E-state index contributed by atoms with van der Waals surface area (Å²) >= 11 is 5.66. The number of hydrogen-bond donors (Lipinski definition) is 2. The number of benzene rings is 1. The molecule has 0 atom stereocenters. The van der Waals surface area contributed by atoms with Gasteiger partial charge in [0.25, 0.3) is 0 Å². The van der Waals surface area contributed by atoms with Crippen molar-refractivity contribution in [1.29, 1.82) is 0 Å². The van der Waals surface area contributed by atoms with E-state index in [1.165, 1.54) is 6.07 Å². The van der Waals surface area contributed by atoms with Crippen LogP contribution in [0.2, 0.25) is 5.02 Å². The second kappa shape index (κ2) is 3.80. The Morgan fingerprint density at radius 2 is 2.08 bits per heavy atom. The molecular formula is C7H8BClO3. The van der Waals surface area contributed by atoms with Gasteiger partial charge in [-0.15, -0.1) is 0 Å². The van der Waals surface area contributed by atoms with E-state index >= 15 is 0 Å². The minimum absolute atomic E-state index is 0.373. The van der Waals surface area contributed by atoms with Gasteiger partial charge in [0.15, 0.2) is 0 Å². The molecule has 5 heteroatoms. The van der Waals surface area contributed by atoms with Gasteiger partial charge in [0.1, 0.15) is 5.75 Å². The average Bonchev–Trinajstić information content (AvgIpc) is 1.96. The summed E-state index contributed by atoms with van der Waals surface area (Å²) < 4.78 is 4.65. The molecule has 64 valence electrons. The molecular weight excluding hydrogens is 178 g/mol. The zero-order valence-corrected chi connectivity index (χ0v) is 7.25. The monoisotopic (exact) mass is 186 g/mol. The van der Waals surface area contributed by atoms with Crippen LogP contribution in [0.3, 0.4) is 0 Å². The van der Waals surface area contributed by atoms with E-state index in [0.717, 1.165) is 5.56 Å². The van der Waals surface area contributed by atoms with Crippen LogP contribution in [0.5, 0.6) is 5.75 Å². The second-order valence-electron chi connectivity index (χ2n) is 2.35. The Labute approximate surface area is 75.7 Å². The molecule has 0 bridgehead atoms. The Kier molecular flexibility index (Phi) is 2.97. The first kappa shape index (κ1) is 9.38. The van der Waals surface area contributed by atoms with E-state index in [1.807, 2.05) is 0 Å². The van der Waals surface area contributed by atoms with Gasteiger partial charge < -0.3 is 14.7 Å². The highest BCUT2D eigenvalue weighted by atomic mass is 35.5. The maximum Gasteiger partial charge on any atom is 0.707 e. The van der Waals surface area contributed by atoms with Gasteiger partial charge in [-0.2, -0.15) is 0 Å². The van der Waals surface area contributed by atoms with Crippen molar-refractivity contribution in [1.82, 2.24) is 0 Å². The lowest BCUT2D eigenvalue weighted by atomic mass is 10.2. The summed E-state index contributed by atoms with van der Waals surface area (Å²) in [5.74, 6) is 0.373. The second-order valence-corrected chi connectivity index (χ2v) is 2.79. The number of rotatable bonds is 2. The molecule has 0 saturated carbocycles. The molecule has 0 aliphatic heterocycles. The van der Waals surface area contributed by atoms with E-state index in [2.05, 4.69) is 4.65 Å². The summed E-state index contributed by atoms with van der Waals surface area (Å²) in [6.45, 7) is 1.79. The van der Waals surface area contributed by atoms with E-state index in [0.29, 0.717) is 10.8 Å².